The minimum absolute atomic E-state index is 0.0542. The van der Waals surface area contributed by atoms with Gasteiger partial charge >= 0.3 is 0 Å². The van der Waals surface area contributed by atoms with Crippen molar-refractivity contribution in [1.29, 1.82) is 0 Å². The standard InChI is InChI=1S/C16H24N2O3S/c1-12(2)5-4-10-17-16(19)13-6-3-7-15(11-13)22(20,21)18-14-8-9-14/h3,6-7,11-12,14,18H,4-5,8-10H2,1-2H3,(H,17,19). The average Bonchev–Trinajstić information content (AvgIpc) is 3.26. The Balaban J connectivity index is 1.96. The first-order valence-electron chi connectivity index (χ1n) is 7.79. The Labute approximate surface area is 132 Å². The first kappa shape index (κ1) is 17.0. The van der Waals surface area contributed by atoms with Crippen LogP contribution in [0.15, 0.2) is 29.2 Å². The van der Waals surface area contributed by atoms with Crippen LogP contribution in [0.4, 0.5) is 0 Å². The Hall–Kier alpha value is -1.40. The van der Waals surface area contributed by atoms with Crippen LogP contribution in [0.5, 0.6) is 0 Å². The van der Waals surface area contributed by atoms with Gasteiger partial charge in [-0.3, -0.25) is 4.79 Å². The van der Waals surface area contributed by atoms with E-state index in [-0.39, 0.29) is 16.8 Å². The molecule has 1 aliphatic rings. The summed E-state index contributed by atoms with van der Waals surface area (Å²) in [6.45, 7) is 4.89. The third-order valence-electron chi connectivity index (χ3n) is 3.55. The van der Waals surface area contributed by atoms with Crippen molar-refractivity contribution in [3.63, 3.8) is 0 Å². The Morgan fingerprint density at radius 2 is 2.05 bits per heavy atom. The minimum atomic E-state index is -3.52. The zero-order valence-electron chi connectivity index (χ0n) is 13.1. The number of sulfonamides is 1. The molecule has 6 heteroatoms. The molecule has 0 aromatic heterocycles. The fourth-order valence-electron chi connectivity index (χ4n) is 2.11. The van der Waals surface area contributed by atoms with Gasteiger partial charge in [-0.05, 0) is 49.8 Å². The van der Waals surface area contributed by atoms with Gasteiger partial charge in [0.25, 0.3) is 5.91 Å². The molecule has 1 saturated carbocycles. The van der Waals surface area contributed by atoms with Crippen LogP contribution >= 0.6 is 0 Å². The van der Waals surface area contributed by atoms with Crippen molar-refractivity contribution in [3.05, 3.63) is 29.8 Å². The summed E-state index contributed by atoms with van der Waals surface area (Å²) in [6, 6.07) is 6.24. The summed E-state index contributed by atoms with van der Waals surface area (Å²) in [4.78, 5) is 12.2. The quantitative estimate of drug-likeness (QED) is 0.721. The second-order valence-corrected chi connectivity index (χ2v) is 7.93. The van der Waals surface area contributed by atoms with Gasteiger partial charge in [-0.2, -0.15) is 0 Å². The number of rotatable bonds is 8. The molecule has 1 aromatic rings. The molecule has 22 heavy (non-hydrogen) atoms. The summed E-state index contributed by atoms with van der Waals surface area (Å²) in [5, 5.41) is 2.83. The van der Waals surface area contributed by atoms with Crippen LogP contribution in [-0.4, -0.2) is 26.9 Å². The molecule has 2 rings (SSSR count). The third kappa shape index (κ3) is 5.10. The van der Waals surface area contributed by atoms with Gasteiger partial charge in [0.2, 0.25) is 10.0 Å². The molecule has 0 saturated heterocycles. The highest BCUT2D eigenvalue weighted by Gasteiger charge is 2.28. The fourth-order valence-corrected chi connectivity index (χ4v) is 3.46. The van der Waals surface area contributed by atoms with E-state index in [1.54, 1.807) is 12.1 Å². The second kappa shape index (κ2) is 7.24. The van der Waals surface area contributed by atoms with E-state index in [1.807, 2.05) is 0 Å². The van der Waals surface area contributed by atoms with Gasteiger partial charge < -0.3 is 5.32 Å². The van der Waals surface area contributed by atoms with Gasteiger partial charge in [0.15, 0.2) is 0 Å². The van der Waals surface area contributed by atoms with Crippen LogP contribution in [0.3, 0.4) is 0 Å². The van der Waals surface area contributed by atoms with Crippen molar-refractivity contribution in [1.82, 2.24) is 10.0 Å². The van der Waals surface area contributed by atoms with Crippen molar-refractivity contribution >= 4 is 15.9 Å². The molecule has 122 valence electrons. The summed E-state index contributed by atoms with van der Waals surface area (Å²) in [5.74, 6) is 0.381. The van der Waals surface area contributed by atoms with Crippen molar-refractivity contribution < 1.29 is 13.2 Å². The summed E-state index contributed by atoms with van der Waals surface area (Å²) in [5.41, 5.74) is 0.378. The number of nitrogens with one attached hydrogen (secondary N) is 2. The topological polar surface area (TPSA) is 75.3 Å². The third-order valence-corrected chi connectivity index (χ3v) is 5.07. The monoisotopic (exact) mass is 324 g/mol. The molecule has 0 heterocycles. The van der Waals surface area contributed by atoms with E-state index in [9.17, 15) is 13.2 Å². The Morgan fingerprint density at radius 1 is 1.32 bits per heavy atom. The maximum absolute atomic E-state index is 12.1. The lowest BCUT2D eigenvalue weighted by Crippen LogP contribution is -2.27. The number of carbonyl (C=O) groups is 1. The van der Waals surface area contributed by atoms with E-state index in [0.29, 0.717) is 18.0 Å². The second-order valence-electron chi connectivity index (χ2n) is 6.22. The molecule has 1 amide bonds. The van der Waals surface area contributed by atoms with Crippen LogP contribution in [0.2, 0.25) is 0 Å². The predicted octanol–water partition coefficient (Wildman–Crippen LogP) is 2.29. The van der Waals surface area contributed by atoms with Gasteiger partial charge in [0.1, 0.15) is 0 Å². The summed E-state index contributed by atoms with van der Waals surface area (Å²) >= 11 is 0. The van der Waals surface area contributed by atoms with Gasteiger partial charge in [-0.15, -0.1) is 0 Å². The molecular weight excluding hydrogens is 300 g/mol. The molecule has 0 spiro atoms. The van der Waals surface area contributed by atoms with Crippen LogP contribution in [0.1, 0.15) is 49.9 Å². The molecule has 2 N–H and O–H groups in total. The lowest BCUT2D eigenvalue weighted by atomic mass is 10.1. The highest BCUT2D eigenvalue weighted by Crippen LogP contribution is 2.22. The fraction of sp³-hybridized carbons (Fsp3) is 0.562. The lowest BCUT2D eigenvalue weighted by molar-refractivity contribution is 0.0952. The Bertz CT molecular complexity index is 622. The highest BCUT2D eigenvalue weighted by atomic mass is 32.2. The van der Waals surface area contributed by atoms with Crippen molar-refractivity contribution in [2.75, 3.05) is 6.54 Å². The van der Waals surface area contributed by atoms with Crippen molar-refractivity contribution in [2.45, 2.75) is 50.5 Å². The Morgan fingerprint density at radius 3 is 2.68 bits per heavy atom. The number of hydrogen-bond donors (Lipinski definition) is 2. The predicted molar refractivity (Wildman–Crippen MR) is 86.2 cm³/mol. The van der Waals surface area contributed by atoms with Crippen molar-refractivity contribution in [3.8, 4) is 0 Å². The molecule has 5 nitrogen and oxygen atoms in total. The number of hydrogen-bond acceptors (Lipinski definition) is 3. The number of benzene rings is 1. The summed E-state index contributed by atoms with van der Waals surface area (Å²) in [7, 11) is -3.52. The van der Waals surface area contributed by atoms with E-state index >= 15 is 0 Å². The molecule has 0 bridgehead atoms. The van der Waals surface area contributed by atoms with Gasteiger partial charge in [0, 0.05) is 18.2 Å². The average molecular weight is 324 g/mol. The maximum atomic E-state index is 12.1. The number of carbonyl (C=O) groups excluding carboxylic acids is 1. The van der Waals surface area contributed by atoms with Crippen LogP contribution in [0.25, 0.3) is 0 Å². The van der Waals surface area contributed by atoms with E-state index in [2.05, 4.69) is 23.9 Å². The largest absolute Gasteiger partial charge is 0.352 e. The first-order valence-corrected chi connectivity index (χ1v) is 9.27. The zero-order chi connectivity index (χ0) is 16.2. The molecule has 0 aliphatic heterocycles. The smallest absolute Gasteiger partial charge is 0.251 e. The molecule has 1 aromatic carbocycles. The highest BCUT2D eigenvalue weighted by molar-refractivity contribution is 7.89. The van der Waals surface area contributed by atoms with Gasteiger partial charge in [-0.1, -0.05) is 19.9 Å². The van der Waals surface area contributed by atoms with Crippen molar-refractivity contribution in [2.24, 2.45) is 5.92 Å². The van der Waals surface area contributed by atoms with Crippen LogP contribution < -0.4 is 10.0 Å². The molecule has 0 atom stereocenters. The molecule has 1 aliphatic carbocycles. The first-order chi connectivity index (χ1) is 10.4. The molecule has 0 unspecified atom stereocenters. The van der Waals surface area contributed by atoms with E-state index < -0.39 is 10.0 Å². The van der Waals surface area contributed by atoms with E-state index in [4.69, 9.17) is 0 Å². The lowest BCUT2D eigenvalue weighted by Gasteiger charge is -2.09. The maximum Gasteiger partial charge on any atom is 0.251 e. The minimum Gasteiger partial charge on any atom is -0.352 e. The van der Waals surface area contributed by atoms with Crippen LogP contribution in [0, 0.1) is 5.92 Å². The summed E-state index contributed by atoms with van der Waals surface area (Å²) < 4.78 is 26.9. The van der Waals surface area contributed by atoms with Gasteiger partial charge in [-0.25, -0.2) is 13.1 Å². The Kier molecular flexibility index (Phi) is 5.58. The van der Waals surface area contributed by atoms with Gasteiger partial charge in [0.05, 0.1) is 4.90 Å². The van der Waals surface area contributed by atoms with Crippen LogP contribution in [-0.2, 0) is 10.0 Å². The SMILES string of the molecule is CC(C)CCCNC(=O)c1cccc(S(=O)(=O)NC2CC2)c1. The number of amides is 1. The molecular formula is C16H24N2O3S. The van der Waals surface area contributed by atoms with E-state index in [0.717, 1.165) is 25.7 Å². The summed E-state index contributed by atoms with van der Waals surface area (Å²) in [6.07, 6.45) is 3.75. The zero-order valence-corrected chi connectivity index (χ0v) is 13.9. The molecule has 0 radical (unpaired) electrons. The molecule has 1 fully saturated rings. The van der Waals surface area contributed by atoms with E-state index in [1.165, 1.54) is 12.1 Å². The normalized spacial score (nSPS) is 15.0.